The number of aryl methyl sites for hydroxylation is 1. The molecule has 6 heteroatoms. The largest absolute Gasteiger partial charge is 0.326 e. The minimum absolute atomic E-state index is 0.116. The number of hydrogen-bond acceptors (Lipinski definition) is 4. The van der Waals surface area contributed by atoms with Crippen molar-refractivity contribution in [2.75, 3.05) is 5.32 Å². The van der Waals surface area contributed by atoms with Crippen LogP contribution in [-0.4, -0.2) is 26.5 Å². The first-order chi connectivity index (χ1) is 7.74. The summed E-state index contributed by atoms with van der Waals surface area (Å²) >= 11 is 0. The first-order valence-corrected chi connectivity index (χ1v) is 4.83. The second-order valence-electron chi connectivity index (χ2n) is 3.42. The van der Waals surface area contributed by atoms with Gasteiger partial charge in [-0.3, -0.25) is 4.79 Å². The Balaban J connectivity index is 1.97. The van der Waals surface area contributed by atoms with Crippen molar-refractivity contribution in [1.29, 1.82) is 0 Å². The van der Waals surface area contributed by atoms with E-state index in [1.54, 1.807) is 0 Å². The molecule has 0 saturated heterocycles. The van der Waals surface area contributed by atoms with Gasteiger partial charge >= 0.3 is 0 Å². The van der Waals surface area contributed by atoms with E-state index in [-0.39, 0.29) is 12.3 Å². The molecular formula is C10H11N5O. The van der Waals surface area contributed by atoms with Crippen LogP contribution in [0.5, 0.6) is 0 Å². The van der Waals surface area contributed by atoms with Crippen LogP contribution in [0.2, 0.25) is 0 Å². The Morgan fingerprint density at radius 1 is 1.50 bits per heavy atom. The zero-order valence-electron chi connectivity index (χ0n) is 8.77. The predicted molar refractivity (Wildman–Crippen MR) is 57.7 cm³/mol. The summed E-state index contributed by atoms with van der Waals surface area (Å²) in [7, 11) is 0. The number of carbonyl (C=O) groups excluding carboxylic acids is 1. The lowest BCUT2D eigenvalue weighted by atomic mass is 10.2. The number of carbonyl (C=O) groups is 1. The second-order valence-corrected chi connectivity index (χ2v) is 3.42. The van der Waals surface area contributed by atoms with E-state index in [1.165, 1.54) is 0 Å². The van der Waals surface area contributed by atoms with E-state index in [0.717, 1.165) is 11.3 Å². The molecule has 6 nitrogen and oxygen atoms in total. The van der Waals surface area contributed by atoms with Crippen LogP contribution >= 0.6 is 0 Å². The van der Waals surface area contributed by atoms with Crippen LogP contribution in [0.4, 0.5) is 5.69 Å². The molecule has 1 amide bonds. The topological polar surface area (TPSA) is 83.6 Å². The number of aromatic amines is 1. The Bertz CT molecular complexity index is 480. The van der Waals surface area contributed by atoms with Crippen molar-refractivity contribution >= 4 is 11.6 Å². The van der Waals surface area contributed by atoms with Crippen molar-refractivity contribution in [1.82, 2.24) is 20.6 Å². The highest BCUT2D eigenvalue weighted by Gasteiger charge is 2.07. The first kappa shape index (κ1) is 10.3. The number of aromatic nitrogens is 4. The molecule has 82 valence electrons. The average molecular weight is 217 g/mol. The minimum atomic E-state index is -0.160. The third kappa shape index (κ3) is 2.63. The highest BCUT2D eigenvalue weighted by atomic mass is 16.1. The molecule has 2 rings (SSSR count). The zero-order valence-corrected chi connectivity index (χ0v) is 8.77. The highest BCUT2D eigenvalue weighted by molar-refractivity contribution is 5.91. The maximum atomic E-state index is 11.6. The van der Waals surface area contributed by atoms with Crippen molar-refractivity contribution < 1.29 is 4.79 Å². The van der Waals surface area contributed by atoms with Crippen LogP contribution in [0.1, 0.15) is 11.4 Å². The average Bonchev–Trinajstić information content (AvgIpc) is 2.70. The summed E-state index contributed by atoms with van der Waals surface area (Å²) in [5.41, 5.74) is 1.87. The number of nitrogens with zero attached hydrogens (tertiary/aromatic N) is 3. The fourth-order valence-electron chi connectivity index (χ4n) is 1.33. The van der Waals surface area contributed by atoms with Crippen LogP contribution in [0.15, 0.2) is 24.3 Å². The molecule has 0 aliphatic carbocycles. The molecule has 2 N–H and O–H groups in total. The molecule has 16 heavy (non-hydrogen) atoms. The number of rotatable bonds is 3. The predicted octanol–water partition coefficient (Wildman–Crippen LogP) is 0.689. The Kier molecular flexibility index (Phi) is 2.90. The zero-order chi connectivity index (χ0) is 11.4. The Labute approximate surface area is 92.1 Å². The monoisotopic (exact) mass is 217 g/mol. The van der Waals surface area contributed by atoms with Gasteiger partial charge in [-0.1, -0.05) is 17.3 Å². The fourth-order valence-corrected chi connectivity index (χ4v) is 1.33. The molecule has 0 spiro atoms. The molecule has 1 heterocycles. The summed E-state index contributed by atoms with van der Waals surface area (Å²) in [5, 5.41) is 15.9. The van der Waals surface area contributed by atoms with E-state index in [9.17, 15) is 4.79 Å². The summed E-state index contributed by atoms with van der Waals surface area (Å²) in [6, 6.07) is 7.59. The number of anilines is 1. The summed E-state index contributed by atoms with van der Waals surface area (Å²) < 4.78 is 0. The van der Waals surface area contributed by atoms with E-state index >= 15 is 0 Å². The normalized spacial score (nSPS) is 10.1. The summed E-state index contributed by atoms with van der Waals surface area (Å²) in [4.78, 5) is 11.6. The standard InChI is InChI=1S/C10H11N5O/c1-7-3-2-4-8(5-7)11-10(16)6-9-12-14-15-13-9/h2-5H,6H2,1H3,(H,11,16)(H,12,13,14,15). The maximum absolute atomic E-state index is 11.6. The first-order valence-electron chi connectivity index (χ1n) is 4.83. The van der Waals surface area contributed by atoms with Crippen molar-refractivity contribution in [2.24, 2.45) is 0 Å². The molecule has 0 atom stereocenters. The molecular weight excluding hydrogens is 206 g/mol. The van der Waals surface area contributed by atoms with Crippen LogP contribution < -0.4 is 5.32 Å². The molecule has 2 aromatic rings. The smallest absolute Gasteiger partial charge is 0.232 e. The molecule has 0 aliphatic rings. The molecule has 0 saturated carbocycles. The van der Waals surface area contributed by atoms with E-state index in [1.807, 2.05) is 31.2 Å². The van der Waals surface area contributed by atoms with Crippen molar-refractivity contribution in [2.45, 2.75) is 13.3 Å². The van der Waals surface area contributed by atoms with Crippen LogP contribution in [-0.2, 0) is 11.2 Å². The lowest BCUT2D eigenvalue weighted by molar-refractivity contribution is -0.115. The fraction of sp³-hybridized carbons (Fsp3) is 0.200. The number of amides is 1. The van der Waals surface area contributed by atoms with Crippen LogP contribution in [0.3, 0.4) is 0 Å². The molecule has 0 bridgehead atoms. The molecule has 1 aromatic carbocycles. The number of benzene rings is 1. The Morgan fingerprint density at radius 3 is 3.06 bits per heavy atom. The van der Waals surface area contributed by atoms with Gasteiger partial charge in [-0.05, 0) is 24.6 Å². The van der Waals surface area contributed by atoms with E-state index in [4.69, 9.17) is 0 Å². The van der Waals surface area contributed by atoms with Gasteiger partial charge in [0.2, 0.25) is 5.91 Å². The van der Waals surface area contributed by atoms with E-state index in [0.29, 0.717) is 5.82 Å². The second kappa shape index (κ2) is 4.52. The molecule has 0 radical (unpaired) electrons. The van der Waals surface area contributed by atoms with Gasteiger partial charge in [-0.2, -0.15) is 5.21 Å². The molecule has 1 aromatic heterocycles. The summed E-state index contributed by atoms with van der Waals surface area (Å²) in [6.45, 7) is 1.97. The van der Waals surface area contributed by atoms with Crippen molar-refractivity contribution in [3.8, 4) is 0 Å². The molecule has 0 aliphatic heterocycles. The SMILES string of the molecule is Cc1cccc(NC(=O)Cc2nn[nH]n2)c1. The summed E-state index contributed by atoms with van der Waals surface area (Å²) in [5.74, 6) is 0.220. The van der Waals surface area contributed by atoms with Gasteiger partial charge in [0.15, 0.2) is 5.82 Å². The highest BCUT2D eigenvalue weighted by Crippen LogP contribution is 2.09. The van der Waals surface area contributed by atoms with Gasteiger partial charge in [0.25, 0.3) is 0 Å². The quantitative estimate of drug-likeness (QED) is 0.792. The minimum Gasteiger partial charge on any atom is -0.326 e. The lowest BCUT2D eigenvalue weighted by Crippen LogP contribution is -2.15. The number of tetrazole rings is 1. The van der Waals surface area contributed by atoms with Crippen molar-refractivity contribution in [3.63, 3.8) is 0 Å². The van der Waals surface area contributed by atoms with Crippen LogP contribution in [0, 0.1) is 6.92 Å². The van der Waals surface area contributed by atoms with Crippen LogP contribution in [0.25, 0.3) is 0 Å². The van der Waals surface area contributed by atoms with Gasteiger partial charge in [0, 0.05) is 5.69 Å². The number of hydrogen-bond donors (Lipinski definition) is 2. The van der Waals surface area contributed by atoms with Gasteiger partial charge in [-0.25, -0.2) is 0 Å². The molecule has 0 fully saturated rings. The Morgan fingerprint density at radius 2 is 2.38 bits per heavy atom. The third-order valence-electron chi connectivity index (χ3n) is 2.01. The number of H-pyrrole nitrogens is 1. The van der Waals surface area contributed by atoms with Crippen molar-refractivity contribution in [3.05, 3.63) is 35.7 Å². The third-order valence-corrected chi connectivity index (χ3v) is 2.01. The maximum Gasteiger partial charge on any atom is 0.232 e. The molecule has 0 unspecified atom stereocenters. The summed E-state index contributed by atoms with van der Waals surface area (Å²) in [6.07, 6.45) is 0.116. The van der Waals surface area contributed by atoms with Gasteiger partial charge in [-0.15, -0.1) is 10.2 Å². The Hall–Kier alpha value is -2.24. The van der Waals surface area contributed by atoms with Gasteiger partial charge < -0.3 is 5.32 Å². The van der Waals surface area contributed by atoms with Gasteiger partial charge in [0.1, 0.15) is 0 Å². The van der Waals surface area contributed by atoms with E-state index < -0.39 is 0 Å². The van der Waals surface area contributed by atoms with Gasteiger partial charge in [0.05, 0.1) is 6.42 Å². The lowest BCUT2D eigenvalue weighted by Gasteiger charge is -2.03. The van der Waals surface area contributed by atoms with E-state index in [2.05, 4.69) is 25.9 Å². The number of nitrogens with one attached hydrogen (secondary N) is 2.